The molecule has 1 aromatic heterocycles. The van der Waals surface area contributed by atoms with Crippen molar-refractivity contribution in [1.29, 1.82) is 0 Å². The Morgan fingerprint density at radius 2 is 1.65 bits per heavy atom. The highest BCUT2D eigenvalue weighted by Gasteiger charge is 2.48. The summed E-state index contributed by atoms with van der Waals surface area (Å²) in [6.07, 6.45) is 12.2. The smallest absolute Gasteiger partial charge is 0.0270 e. The number of nitrogens with one attached hydrogen (secondary N) is 1. The van der Waals surface area contributed by atoms with Crippen LogP contribution in [0.15, 0.2) is 24.5 Å². The first-order valence-corrected chi connectivity index (χ1v) is 6.84. The first-order chi connectivity index (χ1) is 8.29. The van der Waals surface area contributed by atoms with Gasteiger partial charge >= 0.3 is 0 Å². The molecule has 0 aliphatic heterocycles. The zero-order valence-corrected chi connectivity index (χ0v) is 10.7. The summed E-state index contributed by atoms with van der Waals surface area (Å²) < 4.78 is 0. The molecule has 1 heterocycles. The van der Waals surface area contributed by atoms with Crippen molar-refractivity contribution in [3.63, 3.8) is 0 Å². The molecular weight excluding hydrogens is 208 g/mol. The van der Waals surface area contributed by atoms with E-state index in [1.54, 1.807) is 0 Å². The van der Waals surface area contributed by atoms with Gasteiger partial charge in [-0.1, -0.05) is 0 Å². The highest BCUT2D eigenvalue weighted by Crippen LogP contribution is 2.57. The monoisotopic (exact) mass is 230 g/mol. The Bertz CT molecular complexity index is 361. The molecule has 0 radical (unpaired) electrons. The Balaban J connectivity index is 1.82. The normalized spacial score (nSPS) is 36.1. The van der Waals surface area contributed by atoms with Crippen LogP contribution in [0.4, 0.5) is 0 Å². The molecule has 0 saturated heterocycles. The second-order valence-corrected chi connectivity index (χ2v) is 6.05. The van der Waals surface area contributed by atoms with Gasteiger partial charge in [-0.3, -0.25) is 4.98 Å². The summed E-state index contributed by atoms with van der Waals surface area (Å²) in [6.45, 7) is 1.21. The van der Waals surface area contributed by atoms with Gasteiger partial charge in [0, 0.05) is 18.9 Å². The van der Waals surface area contributed by atoms with Crippen LogP contribution >= 0.6 is 0 Å². The third kappa shape index (κ3) is 1.79. The second kappa shape index (κ2) is 4.09. The van der Waals surface area contributed by atoms with E-state index in [4.69, 9.17) is 0 Å². The van der Waals surface area contributed by atoms with E-state index in [9.17, 15) is 0 Å². The minimum absolute atomic E-state index is 0.485. The van der Waals surface area contributed by atoms with Crippen LogP contribution in [0.2, 0.25) is 0 Å². The van der Waals surface area contributed by atoms with Crippen molar-refractivity contribution in [2.45, 2.75) is 43.9 Å². The first-order valence-electron chi connectivity index (χ1n) is 6.84. The summed E-state index contributed by atoms with van der Waals surface area (Å²) in [5, 5.41) is 3.40. The number of aromatic nitrogens is 1. The van der Waals surface area contributed by atoms with Crippen molar-refractivity contribution in [3.8, 4) is 0 Å². The van der Waals surface area contributed by atoms with E-state index in [1.807, 2.05) is 12.4 Å². The maximum absolute atomic E-state index is 4.15. The average molecular weight is 230 g/mol. The summed E-state index contributed by atoms with van der Waals surface area (Å²) in [5.41, 5.74) is 2.63. The molecule has 3 aliphatic rings. The van der Waals surface area contributed by atoms with E-state index >= 15 is 0 Å². The molecule has 3 saturated carbocycles. The van der Waals surface area contributed by atoms with Crippen LogP contribution in [-0.2, 0) is 5.41 Å². The van der Waals surface area contributed by atoms with E-state index in [-0.39, 0.29) is 0 Å². The first kappa shape index (κ1) is 11.2. The fourth-order valence-electron chi connectivity index (χ4n) is 4.04. The third-order valence-corrected chi connectivity index (χ3v) is 5.25. The minimum Gasteiger partial charge on any atom is -0.319 e. The summed E-state index contributed by atoms with van der Waals surface area (Å²) in [7, 11) is 2.09. The molecule has 3 fully saturated rings. The van der Waals surface area contributed by atoms with Crippen LogP contribution in [0.25, 0.3) is 0 Å². The highest BCUT2D eigenvalue weighted by atomic mass is 14.8. The average Bonchev–Trinajstić information content (AvgIpc) is 2.42. The highest BCUT2D eigenvalue weighted by molar-refractivity contribution is 5.26. The Morgan fingerprint density at radius 3 is 2.18 bits per heavy atom. The van der Waals surface area contributed by atoms with Crippen molar-refractivity contribution in [2.24, 2.45) is 5.41 Å². The van der Waals surface area contributed by atoms with Crippen LogP contribution in [0.5, 0.6) is 0 Å². The lowest BCUT2D eigenvalue weighted by Gasteiger charge is -2.54. The van der Waals surface area contributed by atoms with Crippen LogP contribution < -0.4 is 5.32 Å². The van der Waals surface area contributed by atoms with E-state index in [2.05, 4.69) is 29.5 Å². The SMILES string of the molecule is CNCC12CCC(c3ccncc3)(CC1)CC2. The quantitative estimate of drug-likeness (QED) is 0.863. The second-order valence-electron chi connectivity index (χ2n) is 6.05. The van der Waals surface area contributed by atoms with Crippen molar-refractivity contribution >= 4 is 0 Å². The standard InChI is InChI=1S/C15H22N2/c1-16-12-14-4-7-15(8-5-14,9-6-14)13-2-10-17-11-3-13/h2-3,10-11,16H,4-9,12H2,1H3. The van der Waals surface area contributed by atoms with Gasteiger partial charge in [-0.25, -0.2) is 0 Å². The van der Waals surface area contributed by atoms with E-state index in [0.29, 0.717) is 10.8 Å². The molecule has 0 spiro atoms. The lowest BCUT2D eigenvalue weighted by Crippen LogP contribution is -2.47. The van der Waals surface area contributed by atoms with Crippen LogP contribution in [-0.4, -0.2) is 18.6 Å². The van der Waals surface area contributed by atoms with Crippen LogP contribution in [0.1, 0.15) is 44.1 Å². The number of fused-ring (bicyclic) bond motifs is 3. The molecule has 17 heavy (non-hydrogen) atoms. The van der Waals surface area contributed by atoms with E-state index < -0.39 is 0 Å². The van der Waals surface area contributed by atoms with Gasteiger partial charge in [0.05, 0.1) is 0 Å². The number of rotatable bonds is 3. The maximum Gasteiger partial charge on any atom is 0.0270 e. The van der Waals surface area contributed by atoms with Crippen LogP contribution in [0, 0.1) is 5.41 Å². The Kier molecular flexibility index (Phi) is 2.70. The number of hydrogen-bond donors (Lipinski definition) is 1. The number of pyridine rings is 1. The lowest BCUT2D eigenvalue weighted by molar-refractivity contribution is 0.0414. The number of nitrogens with zero attached hydrogens (tertiary/aromatic N) is 1. The topological polar surface area (TPSA) is 24.9 Å². The van der Waals surface area contributed by atoms with Gasteiger partial charge < -0.3 is 5.32 Å². The molecule has 0 amide bonds. The van der Waals surface area contributed by atoms with Crippen molar-refractivity contribution in [1.82, 2.24) is 10.3 Å². The van der Waals surface area contributed by atoms with E-state index in [0.717, 1.165) is 0 Å². The van der Waals surface area contributed by atoms with Gasteiger partial charge in [0.15, 0.2) is 0 Å². The van der Waals surface area contributed by atoms with Crippen molar-refractivity contribution in [2.75, 3.05) is 13.6 Å². The molecule has 92 valence electrons. The molecule has 2 nitrogen and oxygen atoms in total. The molecule has 0 unspecified atom stereocenters. The van der Waals surface area contributed by atoms with Gasteiger partial charge in [-0.2, -0.15) is 0 Å². The molecule has 3 aliphatic carbocycles. The minimum atomic E-state index is 0.485. The summed E-state index contributed by atoms with van der Waals surface area (Å²) in [4.78, 5) is 4.15. The van der Waals surface area contributed by atoms with Gasteiger partial charge in [0.1, 0.15) is 0 Å². The van der Waals surface area contributed by atoms with Crippen molar-refractivity contribution < 1.29 is 0 Å². The summed E-state index contributed by atoms with van der Waals surface area (Å²) in [5.74, 6) is 0. The summed E-state index contributed by atoms with van der Waals surface area (Å²) >= 11 is 0. The van der Waals surface area contributed by atoms with Crippen LogP contribution in [0.3, 0.4) is 0 Å². The number of hydrogen-bond acceptors (Lipinski definition) is 2. The molecule has 2 bridgehead atoms. The van der Waals surface area contributed by atoms with Crippen molar-refractivity contribution in [3.05, 3.63) is 30.1 Å². The predicted molar refractivity (Wildman–Crippen MR) is 70.0 cm³/mol. The molecule has 1 N–H and O–H groups in total. The summed E-state index contributed by atoms with van der Waals surface area (Å²) in [6, 6.07) is 4.47. The Morgan fingerprint density at radius 1 is 1.06 bits per heavy atom. The fraction of sp³-hybridized carbons (Fsp3) is 0.667. The molecule has 4 rings (SSSR count). The van der Waals surface area contributed by atoms with E-state index in [1.165, 1.54) is 50.6 Å². The molecule has 2 heteroatoms. The van der Waals surface area contributed by atoms with Gasteiger partial charge in [-0.15, -0.1) is 0 Å². The third-order valence-electron chi connectivity index (χ3n) is 5.25. The largest absolute Gasteiger partial charge is 0.319 e. The van der Waals surface area contributed by atoms with Gasteiger partial charge in [0.2, 0.25) is 0 Å². The Hall–Kier alpha value is -0.890. The zero-order valence-electron chi connectivity index (χ0n) is 10.7. The van der Waals surface area contributed by atoms with Gasteiger partial charge in [0.25, 0.3) is 0 Å². The maximum atomic E-state index is 4.15. The fourth-order valence-corrected chi connectivity index (χ4v) is 4.04. The Labute approximate surface area is 104 Å². The van der Waals surface area contributed by atoms with Gasteiger partial charge in [-0.05, 0) is 74.1 Å². The molecule has 0 atom stereocenters. The zero-order chi connectivity index (χ0) is 11.8. The molecule has 0 aromatic carbocycles. The lowest BCUT2D eigenvalue weighted by atomic mass is 9.52. The molecule has 1 aromatic rings. The molecular formula is C15H22N2. The predicted octanol–water partition coefficient (Wildman–Crippen LogP) is 2.89.